The lowest BCUT2D eigenvalue weighted by Crippen LogP contribution is -2.25. The summed E-state index contributed by atoms with van der Waals surface area (Å²) >= 11 is 0. The summed E-state index contributed by atoms with van der Waals surface area (Å²) in [6.07, 6.45) is 2.84. The van der Waals surface area contributed by atoms with Gasteiger partial charge in [-0.25, -0.2) is 0 Å². The van der Waals surface area contributed by atoms with E-state index in [1.807, 2.05) is 32.0 Å². The summed E-state index contributed by atoms with van der Waals surface area (Å²) in [7, 11) is 1.61. The van der Waals surface area contributed by atoms with Gasteiger partial charge in [0.25, 0.3) is 5.91 Å². The van der Waals surface area contributed by atoms with Crippen LogP contribution >= 0.6 is 0 Å². The predicted octanol–water partition coefficient (Wildman–Crippen LogP) is 4.10. The summed E-state index contributed by atoms with van der Waals surface area (Å²) in [5.41, 5.74) is 3.70. The molecule has 2 N–H and O–H groups in total. The van der Waals surface area contributed by atoms with Gasteiger partial charge in [0, 0.05) is 28.3 Å². The molecule has 4 rings (SSSR count). The number of nitrogens with one attached hydrogen (secondary N) is 2. The van der Waals surface area contributed by atoms with E-state index in [1.54, 1.807) is 25.3 Å². The molecule has 5 nitrogen and oxygen atoms in total. The van der Waals surface area contributed by atoms with Crippen LogP contribution < -0.4 is 15.4 Å². The number of anilines is 2. The quantitative estimate of drug-likeness (QED) is 0.838. The Bertz CT molecular complexity index is 929. The molecule has 0 spiro atoms. The van der Waals surface area contributed by atoms with Gasteiger partial charge in [0.15, 0.2) is 5.78 Å². The average molecular weight is 364 g/mol. The Morgan fingerprint density at radius 1 is 1.15 bits per heavy atom. The summed E-state index contributed by atoms with van der Waals surface area (Å²) in [5, 5.41) is 6.34. The van der Waals surface area contributed by atoms with Crippen molar-refractivity contribution >= 4 is 23.1 Å². The maximum Gasteiger partial charge on any atom is 0.251 e. The topological polar surface area (TPSA) is 67.4 Å². The van der Waals surface area contributed by atoms with Crippen LogP contribution in [0.4, 0.5) is 11.4 Å². The Labute approximate surface area is 159 Å². The van der Waals surface area contributed by atoms with Crippen LogP contribution in [0, 0.1) is 5.41 Å². The first-order valence-corrected chi connectivity index (χ1v) is 9.31. The second-order valence-corrected chi connectivity index (χ2v) is 8.05. The Balaban J connectivity index is 1.60. The van der Waals surface area contributed by atoms with Crippen molar-refractivity contribution in [3.05, 3.63) is 53.1 Å². The van der Waals surface area contributed by atoms with E-state index < -0.39 is 0 Å². The molecule has 2 aliphatic rings. The number of fused-ring (bicyclic) bond motifs is 1. The van der Waals surface area contributed by atoms with E-state index in [4.69, 9.17) is 4.74 Å². The molecule has 140 valence electrons. The first-order valence-electron chi connectivity index (χ1n) is 9.31. The summed E-state index contributed by atoms with van der Waals surface area (Å²) in [6.45, 7) is 3.96. The van der Waals surface area contributed by atoms with E-state index in [0.29, 0.717) is 17.4 Å². The highest BCUT2D eigenvalue weighted by atomic mass is 16.5. The van der Waals surface area contributed by atoms with E-state index in [2.05, 4.69) is 10.6 Å². The van der Waals surface area contributed by atoms with Gasteiger partial charge in [-0.3, -0.25) is 9.59 Å². The van der Waals surface area contributed by atoms with Gasteiger partial charge in [-0.05, 0) is 61.2 Å². The average Bonchev–Trinajstić information content (AvgIpc) is 3.41. The fraction of sp³-hybridized carbons (Fsp3) is 0.364. The largest absolute Gasteiger partial charge is 0.495 e. The fourth-order valence-electron chi connectivity index (χ4n) is 3.56. The molecule has 0 aliphatic heterocycles. The number of Topliss-reactive ketones (excluding diaryl/α,β-unsaturated/α-hetero) is 1. The van der Waals surface area contributed by atoms with E-state index in [0.717, 1.165) is 41.8 Å². The highest BCUT2D eigenvalue weighted by Crippen LogP contribution is 2.38. The number of hydrogen-bond donors (Lipinski definition) is 2. The summed E-state index contributed by atoms with van der Waals surface area (Å²) in [4.78, 5) is 24.8. The molecule has 0 bridgehead atoms. The van der Waals surface area contributed by atoms with Gasteiger partial charge in [-0.15, -0.1) is 0 Å². The zero-order chi connectivity index (χ0) is 19.2. The van der Waals surface area contributed by atoms with Crippen molar-refractivity contribution in [1.82, 2.24) is 5.32 Å². The highest BCUT2D eigenvalue weighted by Gasteiger charge is 2.37. The Kier molecular flexibility index (Phi) is 4.17. The molecule has 5 heteroatoms. The minimum Gasteiger partial charge on any atom is -0.495 e. The van der Waals surface area contributed by atoms with Crippen LogP contribution in [-0.4, -0.2) is 24.8 Å². The highest BCUT2D eigenvalue weighted by molar-refractivity contribution is 6.05. The molecule has 0 unspecified atom stereocenters. The number of rotatable bonds is 5. The first kappa shape index (κ1) is 17.6. The third kappa shape index (κ3) is 3.42. The van der Waals surface area contributed by atoms with E-state index in [-0.39, 0.29) is 17.1 Å². The minimum atomic E-state index is -0.348. The van der Waals surface area contributed by atoms with Gasteiger partial charge in [0.05, 0.1) is 12.8 Å². The lowest BCUT2D eigenvalue weighted by molar-refractivity contribution is 0.0863. The SMILES string of the molecule is COc1ccc(C(=O)NC2CC2)cc1Nc1ccc2c(c1)CC(C)(C)C2=O. The maximum atomic E-state index is 12.4. The van der Waals surface area contributed by atoms with Crippen LogP contribution in [0.25, 0.3) is 0 Å². The molecule has 0 radical (unpaired) electrons. The molecule has 2 aromatic carbocycles. The summed E-state index contributed by atoms with van der Waals surface area (Å²) in [5.74, 6) is 0.791. The molecule has 0 saturated heterocycles. The van der Waals surface area contributed by atoms with Crippen molar-refractivity contribution in [3.8, 4) is 5.75 Å². The molecule has 0 aromatic heterocycles. The van der Waals surface area contributed by atoms with Crippen molar-refractivity contribution in [3.63, 3.8) is 0 Å². The molecule has 1 saturated carbocycles. The van der Waals surface area contributed by atoms with Crippen molar-refractivity contribution in [1.29, 1.82) is 0 Å². The van der Waals surface area contributed by atoms with Gasteiger partial charge in [-0.1, -0.05) is 13.8 Å². The first-order chi connectivity index (χ1) is 12.9. The number of carbonyl (C=O) groups is 2. The number of hydrogen-bond acceptors (Lipinski definition) is 4. The van der Waals surface area contributed by atoms with Crippen molar-refractivity contribution in [2.24, 2.45) is 5.41 Å². The Hall–Kier alpha value is -2.82. The lowest BCUT2D eigenvalue weighted by Gasteiger charge is -2.14. The van der Waals surface area contributed by atoms with E-state index in [1.165, 1.54) is 0 Å². The zero-order valence-corrected chi connectivity index (χ0v) is 15.9. The molecular formula is C22H24N2O3. The fourth-order valence-corrected chi connectivity index (χ4v) is 3.56. The molecular weight excluding hydrogens is 340 g/mol. The number of carbonyl (C=O) groups excluding carboxylic acids is 2. The number of ketones is 1. The normalized spacial score (nSPS) is 17.4. The molecule has 0 heterocycles. The predicted molar refractivity (Wildman–Crippen MR) is 105 cm³/mol. The monoisotopic (exact) mass is 364 g/mol. The second-order valence-electron chi connectivity index (χ2n) is 8.05. The Morgan fingerprint density at radius 3 is 2.63 bits per heavy atom. The van der Waals surface area contributed by atoms with Crippen LogP contribution in [0.3, 0.4) is 0 Å². The maximum absolute atomic E-state index is 12.4. The number of benzene rings is 2. The standard InChI is InChI=1S/C22H24N2O3/c1-22(2)12-14-10-16(7-8-17(14)20(22)25)23-18-11-13(4-9-19(18)27-3)21(26)24-15-5-6-15/h4,7-11,15,23H,5-6,12H2,1-3H3,(H,24,26). The molecule has 1 fully saturated rings. The summed E-state index contributed by atoms with van der Waals surface area (Å²) < 4.78 is 5.44. The lowest BCUT2D eigenvalue weighted by atomic mass is 9.89. The van der Waals surface area contributed by atoms with Gasteiger partial charge in [0.1, 0.15) is 5.75 Å². The molecule has 1 amide bonds. The van der Waals surface area contributed by atoms with Crippen LogP contribution in [0.2, 0.25) is 0 Å². The number of methoxy groups -OCH3 is 1. The van der Waals surface area contributed by atoms with Crippen LogP contribution in [0.5, 0.6) is 5.75 Å². The molecule has 27 heavy (non-hydrogen) atoms. The zero-order valence-electron chi connectivity index (χ0n) is 15.9. The van der Waals surface area contributed by atoms with Crippen LogP contribution in [0.15, 0.2) is 36.4 Å². The van der Waals surface area contributed by atoms with E-state index >= 15 is 0 Å². The van der Waals surface area contributed by atoms with Gasteiger partial charge in [0.2, 0.25) is 0 Å². The van der Waals surface area contributed by atoms with Crippen LogP contribution in [0.1, 0.15) is 53.0 Å². The van der Waals surface area contributed by atoms with Crippen LogP contribution in [-0.2, 0) is 6.42 Å². The third-order valence-electron chi connectivity index (χ3n) is 5.25. The number of ether oxygens (including phenoxy) is 1. The van der Waals surface area contributed by atoms with Crippen molar-refractivity contribution in [2.75, 3.05) is 12.4 Å². The van der Waals surface area contributed by atoms with Gasteiger partial charge < -0.3 is 15.4 Å². The van der Waals surface area contributed by atoms with Gasteiger partial charge >= 0.3 is 0 Å². The van der Waals surface area contributed by atoms with Gasteiger partial charge in [-0.2, -0.15) is 0 Å². The minimum absolute atomic E-state index is 0.0653. The third-order valence-corrected chi connectivity index (χ3v) is 5.25. The van der Waals surface area contributed by atoms with E-state index in [9.17, 15) is 9.59 Å². The molecule has 0 atom stereocenters. The Morgan fingerprint density at radius 2 is 1.93 bits per heavy atom. The summed E-state index contributed by atoms with van der Waals surface area (Å²) in [6, 6.07) is 11.5. The smallest absolute Gasteiger partial charge is 0.251 e. The second kappa shape index (κ2) is 6.41. The molecule has 2 aromatic rings. The molecule has 2 aliphatic carbocycles. The van der Waals surface area contributed by atoms with Crippen molar-refractivity contribution < 1.29 is 14.3 Å². The number of amides is 1. The van der Waals surface area contributed by atoms with Crippen molar-refractivity contribution in [2.45, 2.75) is 39.2 Å².